The number of likely N-dealkylation sites (tertiary alicyclic amines) is 1. The minimum absolute atomic E-state index is 0.0913. The van der Waals surface area contributed by atoms with Gasteiger partial charge in [0.25, 0.3) is 5.91 Å². The third-order valence-corrected chi connectivity index (χ3v) is 5.91. The van der Waals surface area contributed by atoms with E-state index in [0.717, 1.165) is 0 Å². The molecular weight excluding hydrogens is 388 g/mol. The Morgan fingerprint density at radius 2 is 2.07 bits per heavy atom. The van der Waals surface area contributed by atoms with Crippen LogP contribution in [0.3, 0.4) is 0 Å². The van der Waals surface area contributed by atoms with Crippen molar-refractivity contribution in [2.75, 3.05) is 13.1 Å². The molecule has 0 aliphatic carbocycles. The van der Waals surface area contributed by atoms with E-state index in [1.807, 2.05) is 20.8 Å². The van der Waals surface area contributed by atoms with E-state index >= 15 is 0 Å². The second-order valence-electron chi connectivity index (χ2n) is 9.57. The summed E-state index contributed by atoms with van der Waals surface area (Å²) in [6, 6.07) is 1.09. The number of hydrogen-bond donors (Lipinski definition) is 2. The Morgan fingerprint density at radius 3 is 2.73 bits per heavy atom. The lowest BCUT2D eigenvalue weighted by atomic mass is 9.92. The summed E-state index contributed by atoms with van der Waals surface area (Å²) in [5.74, 6) is -0.762. The van der Waals surface area contributed by atoms with Crippen LogP contribution in [-0.2, 0) is 14.4 Å². The van der Waals surface area contributed by atoms with Crippen LogP contribution in [0.2, 0.25) is 0 Å². The van der Waals surface area contributed by atoms with E-state index in [0.29, 0.717) is 25.8 Å². The molecule has 3 aliphatic heterocycles. The SMILES string of the molecule is CC(C)(C)CC(=O)N[C@H]1C[C@@H]2C(=O)N[C@H]3CCN(C(=O)c4ccco4)[C@@H]3C(=O)N2C1. The van der Waals surface area contributed by atoms with Crippen molar-refractivity contribution in [1.29, 1.82) is 0 Å². The van der Waals surface area contributed by atoms with Gasteiger partial charge in [0.05, 0.1) is 12.3 Å². The molecule has 4 atom stereocenters. The van der Waals surface area contributed by atoms with E-state index in [-0.39, 0.29) is 47.4 Å². The molecule has 3 saturated heterocycles. The summed E-state index contributed by atoms with van der Waals surface area (Å²) in [6.07, 6.45) is 2.67. The minimum atomic E-state index is -0.763. The monoisotopic (exact) mass is 416 g/mol. The van der Waals surface area contributed by atoms with Crippen molar-refractivity contribution in [3.63, 3.8) is 0 Å². The van der Waals surface area contributed by atoms with E-state index in [1.165, 1.54) is 16.1 Å². The lowest BCUT2D eigenvalue weighted by molar-refractivity contribution is -0.138. The molecule has 4 rings (SSSR count). The van der Waals surface area contributed by atoms with Crippen molar-refractivity contribution in [1.82, 2.24) is 20.4 Å². The highest BCUT2D eigenvalue weighted by molar-refractivity contribution is 5.99. The molecular formula is C21H28N4O5. The number of carbonyl (C=O) groups is 4. The van der Waals surface area contributed by atoms with Gasteiger partial charge in [0.15, 0.2) is 5.76 Å². The lowest BCUT2D eigenvalue weighted by Gasteiger charge is -2.28. The molecule has 0 spiro atoms. The number of hydrogen-bond acceptors (Lipinski definition) is 5. The molecule has 3 aliphatic rings. The molecule has 162 valence electrons. The minimum Gasteiger partial charge on any atom is -0.459 e. The van der Waals surface area contributed by atoms with Crippen LogP contribution < -0.4 is 10.6 Å². The summed E-state index contributed by atoms with van der Waals surface area (Å²) in [5.41, 5.74) is -0.149. The van der Waals surface area contributed by atoms with E-state index in [1.54, 1.807) is 12.1 Å². The zero-order valence-corrected chi connectivity index (χ0v) is 17.5. The quantitative estimate of drug-likeness (QED) is 0.746. The number of furan rings is 1. The number of nitrogens with zero attached hydrogens (tertiary/aromatic N) is 2. The van der Waals surface area contributed by atoms with Crippen LogP contribution in [-0.4, -0.2) is 70.7 Å². The third-order valence-electron chi connectivity index (χ3n) is 5.91. The van der Waals surface area contributed by atoms with Crippen LogP contribution in [0.5, 0.6) is 0 Å². The Bertz CT molecular complexity index is 859. The molecule has 30 heavy (non-hydrogen) atoms. The highest BCUT2D eigenvalue weighted by Crippen LogP contribution is 2.30. The summed E-state index contributed by atoms with van der Waals surface area (Å²) in [7, 11) is 0. The van der Waals surface area contributed by atoms with Crippen LogP contribution in [0.25, 0.3) is 0 Å². The van der Waals surface area contributed by atoms with Crippen molar-refractivity contribution in [3.8, 4) is 0 Å². The number of carbonyl (C=O) groups excluding carboxylic acids is 4. The maximum atomic E-state index is 13.4. The Labute approximate surface area is 175 Å². The summed E-state index contributed by atoms with van der Waals surface area (Å²) in [6.45, 7) is 6.58. The first-order valence-electron chi connectivity index (χ1n) is 10.4. The van der Waals surface area contributed by atoms with Gasteiger partial charge in [-0.15, -0.1) is 0 Å². The van der Waals surface area contributed by atoms with Gasteiger partial charge in [-0.25, -0.2) is 0 Å². The van der Waals surface area contributed by atoms with Gasteiger partial charge in [-0.05, 0) is 30.4 Å². The average Bonchev–Trinajstić information content (AvgIpc) is 3.37. The molecule has 1 aromatic rings. The largest absolute Gasteiger partial charge is 0.459 e. The van der Waals surface area contributed by atoms with Crippen LogP contribution in [0.15, 0.2) is 22.8 Å². The van der Waals surface area contributed by atoms with Crippen LogP contribution in [0.4, 0.5) is 0 Å². The first-order chi connectivity index (χ1) is 14.1. The maximum Gasteiger partial charge on any atom is 0.290 e. The van der Waals surface area contributed by atoms with E-state index in [4.69, 9.17) is 4.42 Å². The summed E-state index contributed by atoms with van der Waals surface area (Å²) in [4.78, 5) is 54.4. The molecule has 0 radical (unpaired) electrons. The van der Waals surface area contributed by atoms with Gasteiger partial charge in [0.2, 0.25) is 17.7 Å². The number of rotatable bonds is 3. The van der Waals surface area contributed by atoms with Gasteiger partial charge < -0.3 is 24.9 Å². The highest BCUT2D eigenvalue weighted by atomic mass is 16.3. The van der Waals surface area contributed by atoms with E-state index < -0.39 is 18.1 Å². The summed E-state index contributed by atoms with van der Waals surface area (Å²) in [5, 5.41) is 5.91. The Kier molecular flexibility index (Phi) is 5.07. The van der Waals surface area contributed by atoms with Crippen LogP contribution in [0, 0.1) is 5.41 Å². The molecule has 0 bridgehead atoms. The van der Waals surface area contributed by atoms with Crippen LogP contribution in [0.1, 0.15) is 50.6 Å². The summed E-state index contributed by atoms with van der Waals surface area (Å²) < 4.78 is 5.21. The molecule has 2 N–H and O–H groups in total. The molecule has 0 aromatic carbocycles. The van der Waals surface area contributed by atoms with Crippen molar-refractivity contribution in [2.45, 2.75) is 64.2 Å². The van der Waals surface area contributed by atoms with Gasteiger partial charge in [-0.2, -0.15) is 0 Å². The molecule has 1 aromatic heterocycles. The number of nitrogens with one attached hydrogen (secondary N) is 2. The van der Waals surface area contributed by atoms with Crippen LogP contribution >= 0.6 is 0 Å². The standard InChI is InChI=1S/C21H28N4O5/c1-21(2,3)10-16(26)22-12-9-14-18(27)23-13-6-7-24(17(13)20(29)25(14)11-12)19(28)15-5-4-8-30-15/h4-5,8,12-14,17H,6-7,9-11H2,1-3H3,(H,22,26)(H,23,27)/t12-,13-,14+,17-/m0/s1. The zero-order chi connectivity index (χ0) is 21.6. The van der Waals surface area contributed by atoms with Crippen molar-refractivity contribution in [3.05, 3.63) is 24.2 Å². The maximum absolute atomic E-state index is 13.4. The zero-order valence-electron chi connectivity index (χ0n) is 17.5. The molecule has 3 fully saturated rings. The van der Waals surface area contributed by atoms with Gasteiger partial charge >= 0.3 is 0 Å². The molecule has 9 heteroatoms. The second-order valence-corrected chi connectivity index (χ2v) is 9.57. The van der Waals surface area contributed by atoms with E-state index in [9.17, 15) is 19.2 Å². The predicted octanol–water partition coefficient (Wildman–Crippen LogP) is 0.514. The fourth-order valence-electron chi connectivity index (χ4n) is 4.66. The van der Waals surface area contributed by atoms with Gasteiger partial charge in [0, 0.05) is 25.6 Å². The fourth-order valence-corrected chi connectivity index (χ4v) is 4.66. The molecule has 0 saturated carbocycles. The molecule has 0 unspecified atom stereocenters. The third kappa shape index (κ3) is 3.80. The number of fused-ring (bicyclic) bond motifs is 2. The molecule has 4 amide bonds. The van der Waals surface area contributed by atoms with Gasteiger partial charge in [-0.3, -0.25) is 19.2 Å². The number of amides is 4. The summed E-state index contributed by atoms with van der Waals surface area (Å²) >= 11 is 0. The Hall–Kier alpha value is -2.84. The Balaban J connectivity index is 1.50. The Morgan fingerprint density at radius 1 is 1.30 bits per heavy atom. The van der Waals surface area contributed by atoms with Crippen molar-refractivity contribution < 1.29 is 23.6 Å². The van der Waals surface area contributed by atoms with E-state index in [2.05, 4.69) is 10.6 Å². The van der Waals surface area contributed by atoms with Crippen molar-refractivity contribution in [2.24, 2.45) is 5.41 Å². The second kappa shape index (κ2) is 7.45. The highest BCUT2D eigenvalue weighted by Gasteiger charge is 2.52. The molecule has 4 heterocycles. The first kappa shape index (κ1) is 20.4. The smallest absolute Gasteiger partial charge is 0.290 e. The fraction of sp³-hybridized carbons (Fsp3) is 0.619. The first-order valence-corrected chi connectivity index (χ1v) is 10.4. The normalized spacial score (nSPS) is 28.6. The predicted molar refractivity (Wildman–Crippen MR) is 106 cm³/mol. The topological polar surface area (TPSA) is 112 Å². The lowest BCUT2D eigenvalue weighted by Crippen LogP contribution is -2.52. The average molecular weight is 416 g/mol. The van der Waals surface area contributed by atoms with Gasteiger partial charge in [-0.1, -0.05) is 20.8 Å². The van der Waals surface area contributed by atoms with Crippen molar-refractivity contribution >= 4 is 23.6 Å². The van der Waals surface area contributed by atoms with Gasteiger partial charge in [0.1, 0.15) is 12.1 Å². The molecule has 9 nitrogen and oxygen atoms in total.